The predicted octanol–water partition coefficient (Wildman–Crippen LogP) is 4.05. The first-order valence-electron chi connectivity index (χ1n) is 10.6. The van der Waals surface area contributed by atoms with Crippen LogP contribution < -0.4 is 5.32 Å². The summed E-state index contributed by atoms with van der Waals surface area (Å²) in [6.45, 7) is 4.07. The van der Waals surface area contributed by atoms with E-state index in [1.807, 2.05) is 19.1 Å². The van der Waals surface area contributed by atoms with Gasteiger partial charge in [-0.3, -0.25) is 14.7 Å². The topological polar surface area (TPSA) is 159 Å². The van der Waals surface area contributed by atoms with Gasteiger partial charge in [-0.2, -0.15) is 26.3 Å². The van der Waals surface area contributed by atoms with Crippen molar-refractivity contribution in [1.29, 1.82) is 0 Å². The van der Waals surface area contributed by atoms with Gasteiger partial charge in [-0.1, -0.05) is 5.16 Å². The second-order valence-electron chi connectivity index (χ2n) is 7.71. The van der Waals surface area contributed by atoms with Crippen molar-refractivity contribution in [2.24, 2.45) is 0 Å². The Labute approximate surface area is 215 Å². The van der Waals surface area contributed by atoms with Crippen molar-refractivity contribution in [1.82, 2.24) is 15.0 Å². The minimum atomic E-state index is -5.08. The maximum absolute atomic E-state index is 12.5. The van der Waals surface area contributed by atoms with Gasteiger partial charge in [0.2, 0.25) is 0 Å². The van der Waals surface area contributed by atoms with Crippen LogP contribution in [0.25, 0.3) is 0 Å². The molecule has 3 aromatic heterocycles. The molecule has 1 aliphatic rings. The van der Waals surface area contributed by atoms with Crippen LogP contribution in [0.1, 0.15) is 33.3 Å². The maximum atomic E-state index is 12.5. The number of carbonyl (C=O) groups is 3. The molecule has 0 radical (unpaired) electrons. The number of anilines is 1. The van der Waals surface area contributed by atoms with Gasteiger partial charge in [0.05, 0.1) is 18.4 Å². The van der Waals surface area contributed by atoms with Gasteiger partial charge >= 0.3 is 24.3 Å². The van der Waals surface area contributed by atoms with E-state index in [0.717, 1.165) is 35.8 Å². The average molecular weight is 566 g/mol. The molecular weight excluding hydrogens is 546 g/mol. The summed E-state index contributed by atoms with van der Waals surface area (Å²) in [5, 5.41) is 21.0. The standard InChI is InChI=1S/C18H18N4O3.2C2HF3O2/c1-12-4-5-14(24-12)10-22-8-6-16-15(11-22)17(21-25-16)18(23)20-13-3-2-7-19-9-13;2*3-2(4,5)1(6)7/h2-5,7,9H,6,8,10-11H2,1H3,(H,20,23);2*(H,6,7). The van der Waals surface area contributed by atoms with Gasteiger partial charge in [-0.25, -0.2) is 9.59 Å². The Morgan fingerprint density at radius 1 is 1.05 bits per heavy atom. The normalized spacial score (nSPS) is 13.2. The van der Waals surface area contributed by atoms with E-state index in [0.29, 0.717) is 24.5 Å². The van der Waals surface area contributed by atoms with Gasteiger partial charge < -0.3 is 24.5 Å². The van der Waals surface area contributed by atoms with Gasteiger partial charge in [0.15, 0.2) is 5.69 Å². The molecule has 0 aromatic carbocycles. The molecule has 39 heavy (non-hydrogen) atoms. The number of furan rings is 1. The number of halogens is 6. The monoisotopic (exact) mass is 566 g/mol. The minimum absolute atomic E-state index is 0.284. The van der Waals surface area contributed by atoms with E-state index >= 15 is 0 Å². The number of rotatable bonds is 4. The molecule has 11 nitrogen and oxygen atoms in total. The number of fused-ring (bicyclic) bond motifs is 1. The highest BCUT2D eigenvalue weighted by atomic mass is 19.4. The molecule has 17 heteroatoms. The van der Waals surface area contributed by atoms with Crippen LogP contribution >= 0.6 is 0 Å². The molecule has 3 aromatic rings. The molecule has 4 rings (SSSR count). The molecule has 212 valence electrons. The number of aromatic nitrogens is 2. The predicted molar refractivity (Wildman–Crippen MR) is 117 cm³/mol. The van der Waals surface area contributed by atoms with Gasteiger partial charge in [-0.15, -0.1) is 0 Å². The highest BCUT2D eigenvalue weighted by Crippen LogP contribution is 2.25. The summed E-state index contributed by atoms with van der Waals surface area (Å²) < 4.78 is 74.5. The zero-order chi connectivity index (χ0) is 29.4. The summed E-state index contributed by atoms with van der Waals surface area (Å²) in [7, 11) is 0. The Balaban J connectivity index is 0.000000317. The lowest BCUT2D eigenvalue weighted by molar-refractivity contribution is -0.193. The molecule has 0 saturated heterocycles. The van der Waals surface area contributed by atoms with Crippen LogP contribution in [0.3, 0.4) is 0 Å². The quantitative estimate of drug-likeness (QED) is 0.393. The number of aliphatic carboxylic acids is 2. The van der Waals surface area contributed by atoms with Crippen molar-refractivity contribution < 1.29 is 59.9 Å². The van der Waals surface area contributed by atoms with Crippen molar-refractivity contribution in [2.45, 2.75) is 38.8 Å². The molecule has 0 fully saturated rings. The van der Waals surface area contributed by atoms with Crippen molar-refractivity contribution in [3.63, 3.8) is 0 Å². The fourth-order valence-electron chi connectivity index (χ4n) is 3.00. The smallest absolute Gasteiger partial charge is 0.475 e. The summed E-state index contributed by atoms with van der Waals surface area (Å²) in [4.78, 5) is 36.5. The number of hydrogen-bond acceptors (Lipinski definition) is 8. The van der Waals surface area contributed by atoms with Crippen molar-refractivity contribution in [2.75, 3.05) is 11.9 Å². The average Bonchev–Trinajstić information content (AvgIpc) is 3.45. The molecule has 0 unspecified atom stereocenters. The molecule has 0 aliphatic carbocycles. The van der Waals surface area contributed by atoms with Crippen LogP contribution in [0, 0.1) is 6.92 Å². The Hall–Kier alpha value is -4.41. The molecule has 4 heterocycles. The SMILES string of the molecule is Cc1ccc(CN2CCc3onc(C(=O)Nc4cccnc4)c3C2)o1.O=C(O)C(F)(F)F.O=C(O)C(F)(F)F. The number of carbonyl (C=O) groups excluding carboxylic acids is 1. The largest absolute Gasteiger partial charge is 0.490 e. The van der Waals surface area contributed by atoms with Gasteiger partial charge in [0.1, 0.15) is 17.3 Å². The lowest BCUT2D eigenvalue weighted by Gasteiger charge is -2.24. The number of carboxylic acids is 2. The van der Waals surface area contributed by atoms with Crippen molar-refractivity contribution in [3.8, 4) is 0 Å². The number of carboxylic acid groups (broad SMARTS) is 2. The van der Waals surface area contributed by atoms with Gasteiger partial charge in [0, 0.05) is 31.3 Å². The minimum Gasteiger partial charge on any atom is -0.475 e. The zero-order valence-corrected chi connectivity index (χ0v) is 19.8. The van der Waals surface area contributed by atoms with E-state index < -0.39 is 24.3 Å². The first kappa shape index (κ1) is 30.8. The Kier molecular flexibility index (Phi) is 10.2. The Morgan fingerprint density at radius 3 is 2.15 bits per heavy atom. The number of alkyl halides is 6. The van der Waals surface area contributed by atoms with Crippen molar-refractivity contribution >= 4 is 23.5 Å². The third-order valence-electron chi connectivity index (χ3n) is 4.70. The zero-order valence-electron chi connectivity index (χ0n) is 19.8. The summed E-state index contributed by atoms with van der Waals surface area (Å²) in [6.07, 6.45) is -6.19. The second kappa shape index (κ2) is 12.9. The van der Waals surface area contributed by atoms with Crippen molar-refractivity contribution in [3.05, 3.63) is 65.2 Å². The first-order chi connectivity index (χ1) is 18.1. The van der Waals surface area contributed by atoms with Crippen LogP contribution in [-0.4, -0.2) is 62.0 Å². The molecular formula is C22H20F6N4O7. The maximum Gasteiger partial charge on any atom is 0.490 e. The Morgan fingerprint density at radius 2 is 1.67 bits per heavy atom. The summed E-state index contributed by atoms with van der Waals surface area (Å²) in [5.74, 6) is -3.20. The second-order valence-corrected chi connectivity index (χ2v) is 7.71. The number of hydrogen-bond donors (Lipinski definition) is 3. The fraction of sp³-hybridized carbons (Fsp3) is 0.318. The van der Waals surface area contributed by atoms with Crippen LogP contribution in [0.2, 0.25) is 0 Å². The number of pyridine rings is 1. The summed E-state index contributed by atoms with van der Waals surface area (Å²) in [6, 6.07) is 7.48. The lowest BCUT2D eigenvalue weighted by Crippen LogP contribution is -2.30. The van der Waals surface area contributed by atoms with E-state index in [1.165, 1.54) is 0 Å². The first-order valence-corrected chi connectivity index (χ1v) is 10.6. The van der Waals surface area contributed by atoms with E-state index in [2.05, 4.69) is 20.4 Å². The molecule has 1 aliphatic heterocycles. The summed E-state index contributed by atoms with van der Waals surface area (Å²) in [5.41, 5.74) is 1.80. The third kappa shape index (κ3) is 9.76. The third-order valence-corrected chi connectivity index (χ3v) is 4.70. The van der Waals surface area contributed by atoms with Crippen LogP contribution in [0.15, 0.2) is 45.6 Å². The van der Waals surface area contributed by atoms with E-state index in [1.54, 1.807) is 24.5 Å². The Bertz CT molecular complexity index is 1250. The number of nitrogens with zero attached hydrogens (tertiary/aromatic N) is 3. The van der Waals surface area contributed by atoms with Gasteiger partial charge in [-0.05, 0) is 31.2 Å². The van der Waals surface area contributed by atoms with Crippen LogP contribution in [0.5, 0.6) is 0 Å². The van der Waals surface area contributed by atoms with E-state index in [9.17, 15) is 31.1 Å². The van der Waals surface area contributed by atoms with Gasteiger partial charge in [0.25, 0.3) is 5.91 Å². The van der Waals surface area contributed by atoms with E-state index in [-0.39, 0.29) is 5.91 Å². The highest BCUT2D eigenvalue weighted by Gasteiger charge is 2.39. The van der Waals surface area contributed by atoms with Crippen LogP contribution in [-0.2, 0) is 29.1 Å². The molecule has 0 atom stereocenters. The summed E-state index contributed by atoms with van der Waals surface area (Å²) >= 11 is 0. The number of nitrogens with one attached hydrogen (secondary N) is 1. The fourth-order valence-corrected chi connectivity index (χ4v) is 3.00. The van der Waals surface area contributed by atoms with E-state index in [4.69, 9.17) is 28.7 Å². The molecule has 3 N–H and O–H groups in total. The number of amides is 1. The molecule has 1 amide bonds. The van der Waals surface area contributed by atoms with Crippen LogP contribution in [0.4, 0.5) is 32.0 Å². The molecule has 0 spiro atoms. The highest BCUT2D eigenvalue weighted by molar-refractivity contribution is 6.03. The molecule has 0 bridgehead atoms. The number of aryl methyl sites for hydroxylation is 1. The molecule has 0 saturated carbocycles. The lowest BCUT2D eigenvalue weighted by atomic mass is 10.1.